The predicted molar refractivity (Wildman–Crippen MR) is 144 cm³/mol. The molecule has 198 valence electrons. The van der Waals surface area contributed by atoms with Crippen molar-refractivity contribution in [3.8, 4) is 28.4 Å². The van der Waals surface area contributed by atoms with E-state index in [1.807, 2.05) is 12.3 Å². The first-order valence-electron chi connectivity index (χ1n) is 13.8. The summed E-state index contributed by atoms with van der Waals surface area (Å²) in [7, 11) is 1.65. The number of methoxy groups -OCH3 is 1. The summed E-state index contributed by atoms with van der Waals surface area (Å²) in [5.74, 6) is 1.52. The van der Waals surface area contributed by atoms with Gasteiger partial charge in [0.1, 0.15) is 12.0 Å². The Morgan fingerprint density at radius 1 is 1.11 bits per heavy atom. The molecule has 0 atom stereocenters. The fourth-order valence-electron chi connectivity index (χ4n) is 6.72. The second kappa shape index (κ2) is 9.17. The van der Waals surface area contributed by atoms with Crippen LogP contribution in [0.2, 0.25) is 0 Å². The van der Waals surface area contributed by atoms with Gasteiger partial charge in [-0.05, 0) is 55.2 Å². The van der Waals surface area contributed by atoms with Gasteiger partial charge < -0.3 is 9.47 Å². The van der Waals surface area contributed by atoms with Crippen LogP contribution in [0, 0.1) is 5.41 Å². The fourth-order valence-corrected chi connectivity index (χ4v) is 6.72. The summed E-state index contributed by atoms with van der Waals surface area (Å²) in [6.07, 6.45) is 10.6. The summed E-state index contributed by atoms with van der Waals surface area (Å²) in [6.45, 7) is 8.79. The maximum Gasteiger partial charge on any atom is 0.197 e. The van der Waals surface area contributed by atoms with Gasteiger partial charge in [-0.25, -0.2) is 9.50 Å². The Kier molecular flexibility index (Phi) is 5.74. The molecule has 1 spiro atoms. The molecule has 4 aromatic heterocycles. The van der Waals surface area contributed by atoms with Crippen LogP contribution < -0.4 is 4.74 Å². The molecule has 9 heteroatoms. The van der Waals surface area contributed by atoms with Crippen LogP contribution in [0.5, 0.6) is 5.75 Å². The molecule has 3 fully saturated rings. The summed E-state index contributed by atoms with van der Waals surface area (Å²) in [5, 5.41) is 12.3. The highest BCUT2D eigenvalue weighted by Crippen LogP contribution is 2.43. The summed E-state index contributed by atoms with van der Waals surface area (Å²) >= 11 is 0. The molecule has 0 aromatic carbocycles. The first kappa shape index (κ1) is 23.8. The van der Waals surface area contributed by atoms with E-state index in [2.05, 4.69) is 52.3 Å². The topological polar surface area (TPSA) is 93.5 Å². The Balaban J connectivity index is 1.09. The lowest BCUT2D eigenvalue weighted by Crippen LogP contribution is -2.68. The highest BCUT2D eigenvalue weighted by molar-refractivity contribution is 5.75. The van der Waals surface area contributed by atoms with Gasteiger partial charge in [0, 0.05) is 48.1 Å². The molecule has 2 saturated heterocycles. The lowest BCUT2D eigenvalue weighted by atomic mass is 9.74. The third-order valence-corrected chi connectivity index (χ3v) is 8.84. The van der Waals surface area contributed by atoms with Gasteiger partial charge in [0.15, 0.2) is 11.4 Å². The molecular formula is C29H35N7O2. The van der Waals surface area contributed by atoms with Crippen molar-refractivity contribution < 1.29 is 9.47 Å². The molecule has 0 unspecified atom stereocenters. The van der Waals surface area contributed by atoms with Gasteiger partial charge in [-0.15, -0.1) is 0 Å². The monoisotopic (exact) mass is 513 g/mol. The van der Waals surface area contributed by atoms with Gasteiger partial charge in [-0.1, -0.05) is 19.9 Å². The first-order valence-corrected chi connectivity index (χ1v) is 13.8. The van der Waals surface area contributed by atoms with Crippen LogP contribution in [0.25, 0.3) is 28.3 Å². The number of nitrogens with zero attached hydrogens (tertiary/aromatic N) is 6. The zero-order valence-corrected chi connectivity index (χ0v) is 22.4. The third-order valence-electron chi connectivity index (χ3n) is 8.84. The van der Waals surface area contributed by atoms with Gasteiger partial charge in [-0.3, -0.25) is 15.0 Å². The van der Waals surface area contributed by atoms with E-state index in [9.17, 15) is 0 Å². The predicted octanol–water partition coefficient (Wildman–Crippen LogP) is 4.67. The molecule has 6 heterocycles. The summed E-state index contributed by atoms with van der Waals surface area (Å²) in [4.78, 5) is 11.9. The van der Waals surface area contributed by atoms with Crippen molar-refractivity contribution in [1.82, 2.24) is 34.7 Å². The summed E-state index contributed by atoms with van der Waals surface area (Å²) < 4.78 is 12.8. The van der Waals surface area contributed by atoms with Gasteiger partial charge in [0.05, 0.1) is 31.7 Å². The van der Waals surface area contributed by atoms with Crippen LogP contribution in [-0.4, -0.2) is 74.1 Å². The smallest absolute Gasteiger partial charge is 0.197 e. The number of H-pyrrole nitrogens is 1. The Bertz CT molecular complexity index is 1440. The Morgan fingerprint density at radius 3 is 2.58 bits per heavy atom. The number of hydrogen-bond donors (Lipinski definition) is 1. The molecular weight excluding hydrogens is 478 g/mol. The van der Waals surface area contributed by atoms with Crippen LogP contribution in [0.3, 0.4) is 0 Å². The third kappa shape index (κ3) is 3.91. The van der Waals surface area contributed by atoms with Crippen LogP contribution in [0.1, 0.15) is 62.5 Å². The van der Waals surface area contributed by atoms with Crippen molar-refractivity contribution in [1.29, 1.82) is 0 Å². The standard InChI is InChI=1S/C29H35N7O2/c1-18(2)25-26(21-10-24(37-3)28-31-17-32-36(28)12-21)33-34-27(25)23-9-6-20(11-30-23)19-4-7-22(8-5-19)35-13-29(14-35)15-38-16-29/h6,9-12,17-19,22H,4-5,7-8,13-16H2,1-3H3,(H,33,34). The van der Waals surface area contributed by atoms with E-state index in [-0.39, 0.29) is 5.92 Å². The fraction of sp³-hybridized carbons (Fsp3) is 0.517. The largest absolute Gasteiger partial charge is 0.493 e. The Hall–Kier alpha value is -3.30. The SMILES string of the molecule is COc1cc(-c2[nH]nc(-c3ccc(C4CCC(N5CC6(COC6)C5)CC4)cn3)c2C(C)C)cn2ncnc12. The zero-order chi connectivity index (χ0) is 25.9. The van der Waals surface area contributed by atoms with Crippen molar-refractivity contribution in [3.63, 3.8) is 0 Å². The Morgan fingerprint density at radius 2 is 1.92 bits per heavy atom. The number of pyridine rings is 2. The quantitative estimate of drug-likeness (QED) is 0.400. The van der Waals surface area contributed by atoms with E-state index in [1.54, 1.807) is 11.6 Å². The maximum absolute atomic E-state index is 5.58. The number of nitrogens with one attached hydrogen (secondary N) is 1. The number of fused-ring (bicyclic) bond motifs is 1. The van der Waals surface area contributed by atoms with Crippen molar-refractivity contribution in [2.45, 2.75) is 57.4 Å². The Labute approximate surface area is 222 Å². The van der Waals surface area contributed by atoms with Crippen molar-refractivity contribution in [2.75, 3.05) is 33.4 Å². The number of hydrogen-bond acceptors (Lipinski definition) is 7. The summed E-state index contributed by atoms with van der Waals surface area (Å²) in [5.41, 5.74) is 7.39. The molecule has 3 aliphatic rings. The van der Waals surface area contributed by atoms with Crippen molar-refractivity contribution >= 4 is 5.65 Å². The van der Waals surface area contributed by atoms with Gasteiger partial charge >= 0.3 is 0 Å². The normalized spacial score (nSPS) is 23.1. The second-order valence-corrected chi connectivity index (χ2v) is 11.7. The maximum atomic E-state index is 5.58. The second-order valence-electron chi connectivity index (χ2n) is 11.7. The molecule has 38 heavy (non-hydrogen) atoms. The number of aromatic amines is 1. The van der Waals surface area contributed by atoms with E-state index in [4.69, 9.17) is 19.6 Å². The highest BCUT2D eigenvalue weighted by Gasteiger charge is 2.50. The van der Waals surface area contributed by atoms with Gasteiger partial charge in [0.2, 0.25) is 0 Å². The highest BCUT2D eigenvalue weighted by atomic mass is 16.5. The molecule has 1 aliphatic carbocycles. The van der Waals surface area contributed by atoms with Crippen LogP contribution >= 0.6 is 0 Å². The van der Waals surface area contributed by atoms with Crippen LogP contribution in [0.15, 0.2) is 36.9 Å². The van der Waals surface area contributed by atoms with E-state index in [0.717, 1.165) is 47.5 Å². The number of ether oxygens (including phenoxy) is 2. The molecule has 2 aliphatic heterocycles. The molecule has 1 saturated carbocycles. The van der Waals surface area contributed by atoms with Gasteiger partial charge in [0.25, 0.3) is 0 Å². The molecule has 4 aromatic rings. The van der Waals surface area contributed by atoms with Crippen molar-refractivity contribution in [2.24, 2.45) is 5.41 Å². The van der Waals surface area contributed by atoms with Gasteiger partial charge in [-0.2, -0.15) is 10.2 Å². The average molecular weight is 514 g/mol. The molecule has 1 N–H and O–H groups in total. The van der Waals surface area contributed by atoms with Crippen LogP contribution in [0.4, 0.5) is 0 Å². The average Bonchev–Trinajstić information content (AvgIpc) is 3.54. The lowest BCUT2D eigenvalue weighted by Gasteiger charge is -2.58. The molecule has 0 amide bonds. The van der Waals surface area contributed by atoms with E-state index in [0.29, 0.717) is 22.7 Å². The number of likely N-dealkylation sites (tertiary alicyclic amines) is 1. The van der Waals surface area contributed by atoms with Crippen LogP contribution in [-0.2, 0) is 4.74 Å². The molecule has 9 nitrogen and oxygen atoms in total. The first-order chi connectivity index (χ1) is 18.5. The van der Waals surface area contributed by atoms with Crippen molar-refractivity contribution in [3.05, 3.63) is 48.0 Å². The minimum absolute atomic E-state index is 0.250. The molecule has 7 rings (SSSR count). The minimum atomic E-state index is 0.250. The van der Waals surface area contributed by atoms with E-state index in [1.165, 1.54) is 50.7 Å². The molecule has 0 bridgehead atoms. The lowest BCUT2D eigenvalue weighted by molar-refractivity contribution is -0.200. The van der Waals surface area contributed by atoms with E-state index >= 15 is 0 Å². The van der Waals surface area contributed by atoms with E-state index < -0.39 is 0 Å². The minimum Gasteiger partial charge on any atom is -0.493 e. The summed E-state index contributed by atoms with van der Waals surface area (Å²) in [6, 6.07) is 7.14. The zero-order valence-electron chi connectivity index (χ0n) is 22.4. The molecule has 0 radical (unpaired) electrons. The number of rotatable bonds is 6. The number of aromatic nitrogens is 6.